The van der Waals surface area contributed by atoms with Gasteiger partial charge in [0.1, 0.15) is 0 Å². The fourth-order valence-electron chi connectivity index (χ4n) is 2.70. The summed E-state index contributed by atoms with van der Waals surface area (Å²) >= 11 is 0. The molecule has 1 unspecified atom stereocenters. The van der Waals surface area contributed by atoms with E-state index in [4.69, 9.17) is 14.6 Å². The predicted octanol–water partition coefficient (Wildman–Crippen LogP) is 1.54. The zero-order valence-electron chi connectivity index (χ0n) is 10.7. The molecule has 1 N–H and O–H groups in total. The molecule has 4 nitrogen and oxygen atoms in total. The first kappa shape index (κ1) is 11.8. The molecule has 2 aliphatic rings. The average molecular weight is 249 g/mol. The molecule has 1 saturated heterocycles. The summed E-state index contributed by atoms with van der Waals surface area (Å²) in [4.78, 5) is 2.39. The van der Waals surface area contributed by atoms with Crippen molar-refractivity contribution < 1.29 is 14.6 Å². The van der Waals surface area contributed by atoms with Gasteiger partial charge in [0, 0.05) is 19.7 Å². The number of aryl methyl sites for hydroxylation is 1. The Hall–Kier alpha value is -1.26. The Morgan fingerprint density at radius 3 is 2.83 bits per heavy atom. The highest BCUT2D eigenvalue weighted by Crippen LogP contribution is 2.35. The lowest BCUT2D eigenvalue weighted by Gasteiger charge is -2.17. The zero-order valence-corrected chi connectivity index (χ0v) is 10.7. The van der Waals surface area contributed by atoms with Crippen LogP contribution < -0.4 is 9.47 Å². The van der Waals surface area contributed by atoms with Gasteiger partial charge in [0.05, 0.1) is 0 Å². The summed E-state index contributed by atoms with van der Waals surface area (Å²) in [6.45, 7) is 5.73. The summed E-state index contributed by atoms with van der Waals surface area (Å²) in [6.07, 6.45) is 1.10. The Morgan fingerprint density at radius 2 is 2.11 bits per heavy atom. The van der Waals surface area contributed by atoms with Gasteiger partial charge >= 0.3 is 0 Å². The largest absolute Gasteiger partial charge is 0.454 e. The smallest absolute Gasteiger partial charge is 0.231 e. The van der Waals surface area contributed by atoms with E-state index in [1.54, 1.807) is 0 Å². The van der Waals surface area contributed by atoms with E-state index in [9.17, 15) is 0 Å². The van der Waals surface area contributed by atoms with Crippen LogP contribution in [0.1, 0.15) is 17.5 Å². The van der Waals surface area contributed by atoms with Gasteiger partial charge in [-0.3, -0.25) is 4.90 Å². The molecule has 0 aliphatic carbocycles. The standard InChI is InChI=1S/C14H19NO3/c1-10-4-13-14(18-9-17-13)5-12(10)7-15-3-2-11(6-15)8-16/h4-5,11,16H,2-3,6-9H2,1H3. The molecule has 0 bridgehead atoms. The second kappa shape index (κ2) is 4.78. The van der Waals surface area contributed by atoms with E-state index < -0.39 is 0 Å². The number of ether oxygens (including phenoxy) is 2. The molecule has 1 aromatic rings. The molecule has 0 amide bonds. The van der Waals surface area contributed by atoms with Crippen LogP contribution in [0.2, 0.25) is 0 Å². The summed E-state index contributed by atoms with van der Waals surface area (Å²) in [7, 11) is 0. The van der Waals surface area contributed by atoms with Gasteiger partial charge in [-0.15, -0.1) is 0 Å². The highest BCUT2D eigenvalue weighted by molar-refractivity contribution is 5.48. The third kappa shape index (κ3) is 2.18. The summed E-state index contributed by atoms with van der Waals surface area (Å²) in [5, 5.41) is 9.17. The van der Waals surface area contributed by atoms with Crippen molar-refractivity contribution in [2.75, 3.05) is 26.5 Å². The van der Waals surface area contributed by atoms with Gasteiger partial charge in [0.25, 0.3) is 0 Å². The predicted molar refractivity (Wildman–Crippen MR) is 67.8 cm³/mol. The maximum Gasteiger partial charge on any atom is 0.231 e. The van der Waals surface area contributed by atoms with Crippen LogP contribution in [0.25, 0.3) is 0 Å². The Morgan fingerprint density at radius 1 is 1.33 bits per heavy atom. The highest BCUT2D eigenvalue weighted by atomic mass is 16.7. The molecule has 4 heteroatoms. The number of aliphatic hydroxyl groups is 1. The topological polar surface area (TPSA) is 41.9 Å². The van der Waals surface area contributed by atoms with E-state index in [0.717, 1.165) is 37.6 Å². The lowest BCUT2D eigenvalue weighted by molar-refractivity contribution is 0.174. The monoisotopic (exact) mass is 249 g/mol. The van der Waals surface area contributed by atoms with Gasteiger partial charge in [-0.1, -0.05) is 0 Å². The summed E-state index contributed by atoms with van der Waals surface area (Å²) < 4.78 is 10.8. The fraction of sp³-hybridized carbons (Fsp3) is 0.571. The fourth-order valence-corrected chi connectivity index (χ4v) is 2.70. The Labute approximate surface area is 107 Å². The number of nitrogens with zero attached hydrogens (tertiary/aromatic N) is 1. The van der Waals surface area contributed by atoms with Crippen molar-refractivity contribution in [3.05, 3.63) is 23.3 Å². The van der Waals surface area contributed by atoms with Crippen molar-refractivity contribution in [1.82, 2.24) is 4.90 Å². The van der Waals surface area contributed by atoms with Gasteiger partial charge in [-0.2, -0.15) is 0 Å². The van der Waals surface area contributed by atoms with E-state index in [1.807, 2.05) is 0 Å². The number of hydrogen-bond donors (Lipinski definition) is 1. The van der Waals surface area contributed by atoms with Crippen molar-refractivity contribution in [2.45, 2.75) is 19.9 Å². The molecular formula is C14H19NO3. The maximum atomic E-state index is 9.17. The number of aliphatic hydroxyl groups excluding tert-OH is 1. The number of benzene rings is 1. The SMILES string of the molecule is Cc1cc2c(cc1CN1CCC(CO)C1)OCO2. The molecule has 2 heterocycles. The van der Waals surface area contributed by atoms with Crippen LogP contribution in [0.4, 0.5) is 0 Å². The first-order valence-electron chi connectivity index (χ1n) is 6.48. The molecule has 2 aliphatic heterocycles. The summed E-state index contributed by atoms with van der Waals surface area (Å²) in [5.74, 6) is 2.15. The number of hydrogen-bond acceptors (Lipinski definition) is 4. The van der Waals surface area contributed by atoms with Crippen LogP contribution >= 0.6 is 0 Å². The Kier molecular flexibility index (Phi) is 3.14. The molecule has 1 fully saturated rings. The summed E-state index contributed by atoms with van der Waals surface area (Å²) in [5.41, 5.74) is 2.53. The van der Waals surface area contributed by atoms with E-state index in [2.05, 4.69) is 24.0 Å². The molecule has 0 saturated carbocycles. The minimum atomic E-state index is 0.302. The Balaban J connectivity index is 1.73. The van der Waals surface area contributed by atoms with E-state index in [1.165, 1.54) is 11.1 Å². The van der Waals surface area contributed by atoms with Gasteiger partial charge in [-0.25, -0.2) is 0 Å². The number of fused-ring (bicyclic) bond motifs is 1. The Bertz CT molecular complexity index is 447. The van der Waals surface area contributed by atoms with Crippen LogP contribution in [0.15, 0.2) is 12.1 Å². The third-order valence-corrected chi connectivity index (χ3v) is 3.85. The highest BCUT2D eigenvalue weighted by Gasteiger charge is 2.23. The molecular weight excluding hydrogens is 230 g/mol. The lowest BCUT2D eigenvalue weighted by atomic mass is 10.1. The van der Waals surface area contributed by atoms with Crippen LogP contribution in [0, 0.1) is 12.8 Å². The maximum absolute atomic E-state index is 9.17. The first-order chi connectivity index (χ1) is 8.76. The van der Waals surface area contributed by atoms with E-state index >= 15 is 0 Å². The van der Waals surface area contributed by atoms with Crippen LogP contribution in [-0.4, -0.2) is 36.5 Å². The van der Waals surface area contributed by atoms with Crippen molar-refractivity contribution in [3.8, 4) is 11.5 Å². The number of likely N-dealkylation sites (tertiary alicyclic amines) is 1. The van der Waals surface area contributed by atoms with Gasteiger partial charge in [-0.05, 0) is 49.1 Å². The molecule has 0 radical (unpaired) electrons. The molecule has 18 heavy (non-hydrogen) atoms. The van der Waals surface area contributed by atoms with Crippen molar-refractivity contribution in [3.63, 3.8) is 0 Å². The molecule has 0 spiro atoms. The van der Waals surface area contributed by atoms with Crippen LogP contribution in [-0.2, 0) is 6.54 Å². The minimum Gasteiger partial charge on any atom is -0.454 e. The van der Waals surface area contributed by atoms with Gasteiger partial charge in [0.2, 0.25) is 6.79 Å². The quantitative estimate of drug-likeness (QED) is 0.882. The van der Waals surface area contributed by atoms with Gasteiger partial charge < -0.3 is 14.6 Å². The summed E-state index contributed by atoms with van der Waals surface area (Å²) in [6, 6.07) is 4.14. The van der Waals surface area contributed by atoms with Crippen molar-refractivity contribution >= 4 is 0 Å². The molecule has 3 rings (SSSR count). The molecule has 1 atom stereocenters. The molecule has 98 valence electrons. The van der Waals surface area contributed by atoms with Crippen molar-refractivity contribution in [1.29, 1.82) is 0 Å². The zero-order chi connectivity index (χ0) is 12.5. The third-order valence-electron chi connectivity index (χ3n) is 3.85. The van der Waals surface area contributed by atoms with Gasteiger partial charge in [0.15, 0.2) is 11.5 Å². The van der Waals surface area contributed by atoms with Crippen LogP contribution in [0.5, 0.6) is 11.5 Å². The second-order valence-electron chi connectivity index (χ2n) is 5.20. The van der Waals surface area contributed by atoms with Crippen LogP contribution in [0.3, 0.4) is 0 Å². The number of rotatable bonds is 3. The van der Waals surface area contributed by atoms with E-state index in [-0.39, 0.29) is 0 Å². The van der Waals surface area contributed by atoms with E-state index in [0.29, 0.717) is 19.3 Å². The average Bonchev–Trinajstić information content (AvgIpc) is 2.98. The molecule has 1 aromatic carbocycles. The normalized spacial score (nSPS) is 22.7. The molecule has 0 aromatic heterocycles. The lowest BCUT2D eigenvalue weighted by Crippen LogP contribution is -2.21. The van der Waals surface area contributed by atoms with Crippen molar-refractivity contribution in [2.24, 2.45) is 5.92 Å². The minimum absolute atomic E-state index is 0.302. The second-order valence-corrected chi connectivity index (χ2v) is 5.20. The first-order valence-corrected chi connectivity index (χ1v) is 6.48.